The molecule has 2 aromatic carbocycles. The molecule has 0 saturated carbocycles. The lowest BCUT2D eigenvalue weighted by atomic mass is 10.1. The predicted octanol–water partition coefficient (Wildman–Crippen LogP) is 3.41. The van der Waals surface area contributed by atoms with E-state index in [0.717, 1.165) is 18.7 Å². The van der Waals surface area contributed by atoms with Gasteiger partial charge in [-0.25, -0.2) is 4.79 Å². The minimum absolute atomic E-state index is 0.293. The van der Waals surface area contributed by atoms with Crippen molar-refractivity contribution in [3.63, 3.8) is 0 Å². The minimum atomic E-state index is -0.293. The molecule has 0 atom stereocenters. The fourth-order valence-electron chi connectivity index (χ4n) is 2.29. The molecule has 0 aliphatic rings. The number of nitrogens with zero attached hydrogens (tertiary/aromatic N) is 1. The fraction of sp³-hybridized carbons (Fsp3) is 0.278. The molecule has 2 rings (SSSR count). The van der Waals surface area contributed by atoms with E-state index >= 15 is 0 Å². The van der Waals surface area contributed by atoms with Crippen LogP contribution in [0.25, 0.3) is 0 Å². The molecule has 0 saturated heterocycles. The summed E-state index contributed by atoms with van der Waals surface area (Å²) in [5, 5.41) is 0. The van der Waals surface area contributed by atoms with Crippen molar-refractivity contribution in [1.29, 1.82) is 0 Å². The molecule has 3 heteroatoms. The molecular weight excluding hydrogens is 262 g/mol. The summed E-state index contributed by atoms with van der Waals surface area (Å²) in [6.45, 7) is 3.76. The summed E-state index contributed by atoms with van der Waals surface area (Å²) >= 11 is 0. The van der Waals surface area contributed by atoms with Crippen molar-refractivity contribution in [2.24, 2.45) is 0 Å². The first-order valence-corrected chi connectivity index (χ1v) is 7.00. The largest absolute Gasteiger partial charge is 0.465 e. The number of ether oxygens (including phenoxy) is 1. The monoisotopic (exact) mass is 283 g/mol. The van der Waals surface area contributed by atoms with E-state index in [1.807, 2.05) is 18.2 Å². The maximum Gasteiger partial charge on any atom is 0.337 e. The first kappa shape index (κ1) is 15.3. The zero-order valence-corrected chi connectivity index (χ0v) is 12.8. The van der Waals surface area contributed by atoms with Gasteiger partial charge in [0.1, 0.15) is 0 Å². The zero-order chi connectivity index (χ0) is 15.2. The summed E-state index contributed by atoms with van der Waals surface area (Å²) in [5.41, 5.74) is 4.26. The molecule has 0 N–H and O–H groups in total. The SMILES string of the molecule is COC(=O)c1cccc(CN(C)Cc2ccc(C)cc2)c1. The van der Waals surface area contributed by atoms with Gasteiger partial charge in [0.2, 0.25) is 0 Å². The van der Waals surface area contributed by atoms with Crippen LogP contribution in [0.2, 0.25) is 0 Å². The summed E-state index contributed by atoms with van der Waals surface area (Å²) in [7, 11) is 3.48. The highest BCUT2D eigenvalue weighted by atomic mass is 16.5. The van der Waals surface area contributed by atoms with Crippen LogP contribution in [0.1, 0.15) is 27.0 Å². The van der Waals surface area contributed by atoms with Gasteiger partial charge in [-0.1, -0.05) is 42.0 Å². The molecule has 0 unspecified atom stereocenters. The predicted molar refractivity (Wildman–Crippen MR) is 84.1 cm³/mol. The molecule has 3 nitrogen and oxygen atoms in total. The van der Waals surface area contributed by atoms with Crippen LogP contribution >= 0.6 is 0 Å². The van der Waals surface area contributed by atoms with E-state index in [1.165, 1.54) is 18.2 Å². The van der Waals surface area contributed by atoms with Crippen LogP contribution in [0, 0.1) is 6.92 Å². The Morgan fingerprint density at radius 2 is 1.71 bits per heavy atom. The second kappa shape index (κ2) is 7.04. The molecular formula is C18H21NO2. The van der Waals surface area contributed by atoms with Crippen LogP contribution in [0.5, 0.6) is 0 Å². The minimum Gasteiger partial charge on any atom is -0.465 e. The normalized spacial score (nSPS) is 10.7. The topological polar surface area (TPSA) is 29.5 Å². The second-order valence-corrected chi connectivity index (χ2v) is 5.35. The number of methoxy groups -OCH3 is 1. The van der Waals surface area contributed by atoms with Gasteiger partial charge < -0.3 is 4.74 Å². The van der Waals surface area contributed by atoms with Crippen molar-refractivity contribution in [1.82, 2.24) is 4.90 Å². The maximum atomic E-state index is 11.5. The fourth-order valence-corrected chi connectivity index (χ4v) is 2.29. The third kappa shape index (κ3) is 4.43. The molecule has 0 aliphatic heterocycles. The Labute approximate surface area is 126 Å². The number of hydrogen-bond donors (Lipinski definition) is 0. The molecule has 0 fully saturated rings. The Morgan fingerprint density at radius 3 is 2.38 bits per heavy atom. The number of benzene rings is 2. The summed E-state index contributed by atoms with van der Waals surface area (Å²) in [4.78, 5) is 13.8. The van der Waals surface area contributed by atoms with Crippen molar-refractivity contribution < 1.29 is 9.53 Å². The molecule has 0 spiro atoms. The summed E-state index contributed by atoms with van der Waals surface area (Å²) in [5.74, 6) is -0.293. The van der Waals surface area contributed by atoms with Crippen LogP contribution in [-0.4, -0.2) is 25.0 Å². The van der Waals surface area contributed by atoms with Gasteiger partial charge in [-0.2, -0.15) is 0 Å². The lowest BCUT2D eigenvalue weighted by Crippen LogP contribution is -2.17. The lowest BCUT2D eigenvalue weighted by Gasteiger charge is -2.17. The molecule has 21 heavy (non-hydrogen) atoms. The number of hydrogen-bond acceptors (Lipinski definition) is 3. The standard InChI is InChI=1S/C18H21NO2/c1-14-7-9-15(10-8-14)12-19(2)13-16-5-4-6-17(11-16)18(20)21-3/h4-11H,12-13H2,1-3H3. The van der Waals surface area contributed by atoms with Gasteiger partial charge in [0.25, 0.3) is 0 Å². The molecule has 0 aliphatic carbocycles. The highest BCUT2D eigenvalue weighted by Gasteiger charge is 2.07. The van der Waals surface area contributed by atoms with E-state index in [4.69, 9.17) is 4.74 Å². The van der Waals surface area contributed by atoms with E-state index < -0.39 is 0 Å². The van der Waals surface area contributed by atoms with Crippen LogP contribution in [0.15, 0.2) is 48.5 Å². The van der Waals surface area contributed by atoms with E-state index in [9.17, 15) is 4.79 Å². The number of carbonyl (C=O) groups is 1. The lowest BCUT2D eigenvalue weighted by molar-refractivity contribution is 0.0600. The average Bonchev–Trinajstić information content (AvgIpc) is 2.49. The third-order valence-electron chi connectivity index (χ3n) is 3.37. The molecule has 0 aromatic heterocycles. The summed E-state index contributed by atoms with van der Waals surface area (Å²) in [6.07, 6.45) is 0. The van der Waals surface area contributed by atoms with E-state index in [2.05, 4.69) is 43.1 Å². The van der Waals surface area contributed by atoms with Crippen molar-refractivity contribution in [2.75, 3.05) is 14.2 Å². The van der Waals surface area contributed by atoms with E-state index in [0.29, 0.717) is 5.56 Å². The number of aryl methyl sites for hydroxylation is 1. The Bertz CT molecular complexity index is 605. The van der Waals surface area contributed by atoms with Crippen LogP contribution < -0.4 is 0 Å². The Morgan fingerprint density at radius 1 is 1.05 bits per heavy atom. The van der Waals surface area contributed by atoms with E-state index in [-0.39, 0.29) is 5.97 Å². The van der Waals surface area contributed by atoms with Crippen molar-refractivity contribution >= 4 is 5.97 Å². The van der Waals surface area contributed by atoms with Gasteiger partial charge in [-0.3, -0.25) is 4.90 Å². The van der Waals surface area contributed by atoms with Crippen LogP contribution in [0.4, 0.5) is 0 Å². The van der Waals surface area contributed by atoms with Gasteiger partial charge >= 0.3 is 5.97 Å². The molecule has 0 amide bonds. The molecule has 0 heterocycles. The van der Waals surface area contributed by atoms with Crippen molar-refractivity contribution in [2.45, 2.75) is 20.0 Å². The number of rotatable bonds is 5. The Balaban J connectivity index is 2.00. The summed E-state index contributed by atoms with van der Waals surface area (Å²) in [6, 6.07) is 16.1. The molecule has 2 aromatic rings. The quantitative estimate of drug-likeness (QED) is 0.788. The highest BCUT2D eigenvalue weighted by molar-refractivity contribution is 5.89. The molecule has 0 radical (unpaired) electrons. The average molecular weight is 283 g/mol. The zero-order valence-electron chi connectivity index (χ0n) is 12.8. The maximum absolute atomic E-state index is 11.5. The molecule has 0 bridgehead atoms. The summed E-state index contributed by atoms with van der Waals surface area (Å²) < 4.78 is 4.75. The number of esters is 1. The van der Waals surface area contributed by atoms with Crippen molar-refractivity contribution in [3.8, 4) is 0 Å². The first-order chi connectivity index (χ1) is 10.1. The first-order valence-electron chi connectivity index (χ1n) is 7.00. The Kier molecular flexibility index (Phi) is 5.12. The van der Waals surface area contributed by atoms with Gasteiger partial charge in [0.15, 0.2) is 0 Å². The van der Waals surface area contributed by atoms with Crippen LogP contribution in [-0.2, 0) is 17.8 Å². The third-order valence-corrected chi connectivity index (χ3v) is 3.37. The highest BCUT2D eigenvalue weighted by Crippen LogP contribution is 2.11. The second-order valence-electron chi connectivity index (χ2n) is 5.35. The van der Waals surface area contributed by atoms with Gasteiger partial charge in [-0.15, -0.1) is 0 Å². The van der Waals surface area contributed by atoms with Gasteiger partial charge in [0, 0.05) is 13.1 Å². The van der Waals surface area contributed by atoms with Gasteiger partial charge in [0.05, 0.1) is 12.7 Å². The molecule has 110 valence electrons. The van der Waals surface area contributed by atoms with E-state index in [1.54, 1.807) is 6.07 Å². The smallest absolute Gasteiger partial charge is 0.337 e. The van der Waals surface area contributed by atoms with Gasteiger partial charge in [-0.05, 0) is 37.2 Å². The van der Waals surface area contributed by atoms with Crippen LogP contribution in [0.3, 0.4) is 0 Å². The Hall–Kier alpha value is -2.13. The van der Waals surface area contributed by atoms with Crippen molar-refractivity contribution in [3.05, 3.63) is 70.8 Å². The number of carbonyl (C=O) groups excluding carboxylic acids is 1.